The number of amides is 1. The molecule has 3 N–H and O–H groups in total. The summed E-state index contributed by atoms with van der Waals surface area (Å²) >= 11 is 0. The number of nitrogens with zero attached hydrogens (tertiary/aromatic N) is 1. The molecule has 0 spiro atoms. The monoisotopic (exact) mass is 237 g/mol. The summed E-state index contributed by atoms with van der Waals surface area (Å²) in [6, 6.07) is 0. The molecule has 1 aromatic rings. The van der Waals surface area contributed by atoms with Crippen LogP contribution in [0.15, 0.2) is 10.7 Å². The van der Waals surface area contributed by atoms with Crippen LogP contribution in [0.2, 0.25) is 0 Å². The molecule has 1 amide bonds. The van der Waals surface area contributed by atoms with Crippen molar-refractivity contribution in [1.29, 1.82) is 0 Å². The van der Waals surface area contributed by atoms with Crippen LogP contribution in [0, 0.1) is 0 Å². The normalized spacial score (nSPS) is 11.5. The summed E-state index contributed by atoms with van der Waals surface area (Å²) in [6.45, 7) is -1.12. The summed E-state index contributed by atoms with van der Waals surface area (Å²) in [5, 5.41) is 1.68. The molecule has 1 heterocycles. The van der Waals surface area contributed by atoms with Gasteiger partial charge in [-0.3, -0.25) is 4.79 Å². The Balaban J connectivity index is 2.53. The van der Waals surface area contributed by atoms with Crippen molar-refractivity contribution in [3.8, 4) is 0 Å². The zero-order valence-electron chi connectivity index (χ0n) is 8.17. The number of halogens is 3. The van der Waals surface area contributed by atoms with Crippen LogP contribution in [0.1, 0.15) is 16.4 Å². The summed E-state index contributed by atoms with van der Waals surface area (Å²) in [5.74, 6) is -0.705. The Morgan fingerprint density at radius 3 is 2.81 bits per heavy atom. The lowest BCUT2D eigenvalue weighted by atomic mass is 10.4. The Labute approximate surface area is 88.8 Å². The highest BCUT2D eigenvalue weighted by Gasteiger charge is 2.28. The first kappa shape index (κ1) is 12.5. The lowest BCUT2D eigenvalue weighted by molar-refractivity contribution is -0.123. The number of carbonyl (C=O) groups is 1. The van der Waals surface area contributed by atoms with Gasteiger partial charge in [-0.2, -0.15) is 13.2 Å². The first-order chi connectivity index (χ1) is 7.42. The zero-order valence-corrected chi connectivity index (χ0v) is 8.17. The smallest absolute Gasteiger partial charge is 0.405 e. The van der Waals surface area contributed by atoms with Gasteiger partial charge in [0.25, 0.3) is 5.91 Å². The van der Waals surface area contributed by atoms with E-state index in [2.05, 4.69) is 4.98 Å². The van der Waals surface area contributed by atoms with Crippen molar-refractivity contribution in [3.63, 3.8) is 0 Å². The average Bonchev–Trinajstić information content (AvgIpc) is 2.62. The lowest BCUT2D eigenvalue weighted by Gasteiger charge is -2.05. The van der Waals surface area contributed by atoms with E-state index in [1.54, 1.807) is 5.32 Å². The Kier molecular flexibility index (Phi) is 3.88. The number of carbonyl (C=O) groups excluding carboxylic acids is 1. The van der Waals surface area contributed by atoms with Crippen LogP contribution in [0.25, 0.3) is 0 Å². The summed E-state index contributed by atoms with van der Waals surface area (Å²) in [6.07, 6.45) is -3.12. The predicted octanol–water partition coefficient (Wildman–Crippen LogP) is 0.468. The quantitative estimate of drug-likeness (QED) is 0.797. The van der Waals surface area contributed by atoms with Crippen LogP contribution in [-0.2, 0) is 6.42 Å². The number of hydrogen-bond acceptors (Lipinski definition) is 4. The van der Waals surface area contributed by atoms with Gasteiger partial charge in [-0.25, -0.2) is 4.98 Å². The second-order valence-electron chi connectivity index (χ2n) is 2.96. The molecule has 0 aromatic carbocycles. The van der Waals surface area contributed by atoms with Crippen molar-refractivity contribution in [2.45, 2.75) is 12.6 Å². The van der Waals surface area contributed by atoms with E-state index in [0.29, 0.717) is 6.42 Å². The SMILES string of the molecule is NCCc1nc(C(=O)NCC(F)(F)F)co1. The Morgan fingerprint density at radius 2 is 2.25 bits per heavy atom. The molecule has 0 bridgehead atoms. The lowest BCUT2D eigenvalue weighted by Crippen LogP contribution is -2.33. The number of oxazole rings is 1. The number of alkyl halides is 3. The molecule has 5 nitrogen and oxygen atoms in total. The molecule has 0 aliphatic heterocycles. The molecule has 16 heavy (non-hydrogen) atoms. The van der Waals surface area contributed by atoms with Crippen LogP contribution in [-0.4, -0.2) is 30.2 Å². The third-order valence-electron chi connectivity index (χ3n) is 1.59. The molecular weight excluding hydrogens is 227 g/mol. The molecule has 1 rings (SSSR count). The van der Waals surface area contributed by atoms with E-state index in [9.17, 15) is 18.0 Å². The molecular formula is C8H10F3N3O2. The van der Waals surface area contributed by atoms with E-state index >= 15 is 0 Å². The molecule has 0 unspecified atom stereocenters. The molecule has 90 valence electrons. The van der Waals surface area contributed by atoms with E-state index in [-0.39, 0.29) is 18.1 Å². The maximum Gasteiger partial charge on any atom is 0.405 e. The van der Waals surface area contributed by atoms with Crippen molar-refractivity contribution >= 4 is 5.91 Å². The maximum absolute atomic E-state index is 11.8. The standard InChI is InChI=1S/C8H10F3N3O2/c9-8(10,11)4-13-7(15)5-3-16-6(14-5)1-2-12/h3H,1-2,4,12H2,(H,13,15). The maximum atomic E-state index is 11.8. The van der Waals surface area contributed by atoms with E-state index in [0.717, 1.165) is 6.26 Å². The van der Waals surface area contributed by atoms with Crippen LogP contribution >= 0.6 is 0 Å². The second-order valence-corrected chi connectivity index (χ2v) is 2.96. The average molecular weight is 237 g/mol. The molecule has 0 saturated carbocycles. The number of aromatic nitrogens is 1. The van der Waals surface area contributed by atoms with Crippen molar-refractivity contribution < 1.29 is 22.4 Å². The summed E-state index contributed by atoms with van der Waals surface area (Å²) in [4.78, 5) is 14.8. The van der Waals surface area contributed by atoms with Gasteiger partial charge in [0.1, 0.15) is 12.8 Å². The molecule has 0 saturated heterocycles. The predicted molar refractivity (Wildman–Crippen MR) is 47.6 cm³/mol. The molecule has 0 atom stereocenters. The van der Waals surface area contributed by atoms with Crippen LogP contribution in [0.5, 0.6) is 0 Å². The van der Waals surface area contributed by atoms with E-state index in [1.165, 1.54) is 0 Å². The van der Waals surface area contributed by atoms with Gasteiger partial charge in [-0.15, -0.1) is 0 Å². The van der Waals surface area contributed by atoms with Crippen molar-refractivity contribution in [2.24, 2.45) is 5.73 Å². The fourth-order valence-electron chi connectivity index (χ4n) is 0.925. The number of nitrogens with two attached hydrogens (primary N) is 1. The first-order valence-corrected chi connectivity index (χ1v) is 4.42. The van der Waals surface area contributed by atoms with Crippen molar-refractivity contribution in [1.82, 2.24) is 10.3 Å². The van der Waals surface area contributed by atoms with Crippen molar-refractivity contribution in [3.05, 3.63) is 17.8 Å². The van der Waals surface area contributed by atoms with Gasteiger partial charge in [0, 0.05) is 13.0 Å². The van der Waals surface area contributed by atoms with Gasteiger partial charge < -0.3 is 15.5 Å². The molecule has 0 radical (unpaired) electrons. The van der Waals surface area contributed by atoms with Crippen molar-refractivity contribution in [2.75, 3.05) is 13.1 Å². The van der Waals surface area contributed by atoms with Gasteiger partial charge in [0.2, 0.25) is 0 Å². The fraction of sp³-hybridized carbons (Fsp3) is 0.500. The highest BCUT2D eigenvalue weighted by atomic mass is 19.4. The highest BCUT2D eigenvalue weighted by Crippen LogP contribution is 2.12. The zero-order chi connectivity index (χ0) is 12.2. The van der Waals surface area contributed by atoms with Gasteiger partial charge >= 0.3 is 6.18 Å². The Morgan fingerprint density at radius 1 is 1.56 bits per heavy atom. The number of nitrogens with one attached hydrogen (secondary N) is 1. The van der Waals surface area contributed by atoms with E-state index in [1.807, 2.05) is 0 Å². The van der Waals surface area contributed by atoms with Crippen LogP contribution in [0.3, 0.4) is 0 Å². The molecule has 8 heteroatoms. The molecule has 0 aliphatic carbocycles. The van der Waals surface area contributed by atoms with Gasteiger partial charge in [0.15, 0.2) is 11.6 Å². The minimum absolute atomic E-state index is 0.187. The van der Waals surface area contributed by atoms with Crippen LogP contribution < -0.4 is 11.1 Å². The van der Waals surface area contributed by atoms with E-state index in [4.69, 9.17) is 10.2 Å². The third-order valence-corrected chi connectivity index (χ3v) is 1.59. The van der Waals surface area contributed by atoms with E-state index < -0.39 is 18.6 Å². The number of hydrogen-bond donors (Lipinski definition) is 2. The minimum Gasteiger partial charge on any atom is -0.448 e. The largest absolute Gasteiger partial charge is 0.448 e. The number of rotatable bonds is 4. The van der Waals surface area contributed by atoms with Gasteiger partial charge in [-0.05, 0) is 0 Å². The highest BCUT2D eigenvalue weighted by molar-refractivity contribution is 5.91. The molecule has 0 aliphatic rings. The minimum atomic E-state index is -4.44. The van der Waals surface area contributed by atoms with Gasteiger partial charge in [0.05, 0.1) is 0 Å². The molecule has 0 fully saturated rings. The first-order valence-electron chi connectivity index (χ1n) is 4.42. The summed E-state index contributed by atoms with van der Waals surface area (Å²) in [7, 11) is 0. The second kappa shape index (κ2) is 4.97. The molecule has 1 aromatic heterocycles. The van der Waals surface area contributed by atoms with Gasteiger partial charge in [-0.1, -0.05) is 0 Å². The summed E-state index contributed by atoms with van der Waals surface area (Å²) < 4.78 is 40.2. The Bertz CT molecular complexity index is 362. The van der Waals surface area contributed by atoms with Crippen LogP contribution in [0.4, 0.5) is 13.2 Å². The topological polar surface area (TPSA) is 81.1 Å². The fourth-order valence-corrected chi connectivity index (χ4v) is 0.925. The summed E-state index contributed by atoms with van der Waals surface area (Å²) in [5.41, 5.74) is 5.03. The Hall–Kier alpha value is -1.57. The third kappa shape index (κ3) is 3.89.